The smallest absolute Gasteiger partial charge is 0.543 e. The number of hydrogen-bond acceptors (Lipinski definition) is 8. The minimum atomic E-state index is -1.54. The normalized spacial score (nSPS) is 11.3. The van der Waals surface area contributed by atoms with Gasteiger partial charge in [0, 0.05) is 6.07 Å². The molecule has 0 saturated carbocycles. The Morgan fingerprint density at radius 1 is 1.08 bits per heavy atom. The molecule has 1 aromatic rings. The van der Waals surface area contributed by atoms with E-state index in [0.717, 1.165) is 6.07 Å². The molecule has 0 bridgehead atoms. The third kappa shape index (κ3) is 8.00. The minimum absolute atomic E-state index is 0. The molecular weight excluding hydrogens is 341 g/mol. The predicted molar refractivity (Wildman–Crippen MR) is 82.5 cm³/mol. The zero-order valence-corrected chi connectivity index (χ0v) is 17.9. The third-order valence-electron chi connectivity index (χ3n) is 2.22. The standard InChI is InChI=1S/C15H23N3O6.Na/c1-14(2,3)23-13(21)18(24-15(4,5)6)12-16-9(11(19)20)8-10(17-12)22-7;/h8H,1-7H3,(H,19,20);/q;+1/p-1. The van der Waals surface area contributed by atoms with Gasteiger partial charge in [0.15, 0.2) is 0 Å². The fourth-order valence-electron chi connectivity index (χ4n) is 1.45. The van der Waals surface area contributed by atoms with Crippen molar-refractivity contribution in [3.8, 4) is 5.88 Å². The van der Waals surface area contributed by atoms with Gasteiger partial charge in [-0.2, -0.15) is 4.98 Å². The quantitative estimate of drug-likeness (QED) is 0.461. The fraction of sp³-hybridized carbons (Fsp3) is 0.600. The van der Waals surface area contributed by atoms with E-state index in [1.165, 1.54) is 7.11 Å². The van der Waals surface area contributed by atoms with Gasteiger partial charge in [0.05, 0.1) is 24.4 Å². The third-order valence-corrected chi connectivity index (χ3v) is 2.22. The summed E-state index contributed by atoms with van der Waals surface area (Å²) in [6.45, 7) is 10.1. The molecule has 0 saturated heterocycles. The van der Waals surface area contributed by atoms with Crippen LogP contribution in [0, 0.1) is 0 Å². The van der Waals surface area contributed by atoms with Crippen LogP contribution in [-0.2, 0) is 9.57 Å². The van der Waals surface area contributed by atoms with E-state index in [-0.39, 0.29) is 41.4 Å². The van der Waals surface area contributed by atoms with E-state index in [4.69, 9.17) is 14.3 Å². The molecule has 0 fully saturated rings. The van der Waals surface area contributed by atoms with Gasteiger partial charge in [-0.05, 0) is 41.5 Å². The van der Waals surface area contributed by atoms with E-state index in [1.807, 2.05) is 0 Å². The summed E-state index contributed by atoms with van der Waals surface area (Å²) >= 11 is 0. The van der Waals surface area contributed by atoms with Crippen LogP contribution < -0.4 is 44.5 Å². The summed E-state index contributed by atoms with van der Waals surface area (Å²) in [5.74, 6) is -1.94. The first-order valence-electron chi connectivity index (χ1n) is 7.19. The van der Waals surface area contributed by atoms with E-state index in [0.29, 0.717) is 5.06 Å². The van der Waals surface area contributed by atoms with Crippen molar-refractivity contribution in [3.05, 3.63) is 11.8 Å². The number of carboxylic acid groups (broad SMARTS) is 1. The molecule has 10 heteroatoms. The summed E-state index contributed by atoms with van der Waals surface area (Å²) in [4.78, 5) is 36.7. The fourth-order valence-corrected chi connectivity index (χ4v) is 1.45. The number of carbonyl (C=O) groups excluding carboxylic acids is 2. The first kappa shape index (κ1) is 23.6. The van der Waals surface area contributed by atoms with Crippen molar-refractivity contribution in [2.75, 3.05) is 12.2 Å². The predicted octanol–water partition coefficient (Wildman–Crippen LogP) is -1.68. The molecule has 0 unspecified atom stereocenters. The number of hydroxylamine groups is 1. The van der Waals surface area contributed by atoms with Crippen molar-refractivity contribution in [1.82, 2.24) is 9.97 Å². The monoisotopic (exact) mass is 363 g/mol. The van der Waals surface area contributed by atoms with E-state index in [2.05, 4.69) is 9.97 Å². The molecule has 0 radical (unpaired) electrons. The second-order valence-corrected chi connectivity index (χ2v) is 6.86. The summed E-state index contributed by atoms with van der Waals surface area (Å²) in [5, 5.41) is 11.8. The molecule has 0 aromatic carbocycles. The first-order chi connectivity index (χ1) is 10.8. The van der Waals surface area contributed by atoms with Crippen LogP contribution in [0.5, 0.6) is 5.88 Å². The van der Waals surface area contributed by atoms with Gasteiger partial charge in [-0.3, -0.25) is 4.84 Å². The molecule has 1 rings (SSSR count). The van der Waals surface area contributed by atoms with Crippen LogP contribution in [0.4, 0.5) is 10.7 Å². The first-order valence-corrected chi connectivity index (χ1v) is 7.19. The van der Waals surface area contributed by atoms with Crippen molar-refractivity contribution in [3.63, 3.8) is 0 Å². The molecule has 0 atom stereocenters. The molecule has 0 aliphatic heterocycles. The van der Waals surface area contributed by atoms with Gasteiger partial charge in [-0.15, -0.1) is 5.06 Å². The van der Waals surface area contributed by atoms with Crippen molar-refractivity contribution in [2.45, 2.75) is 52.7 Å². The number of methoxy groups -OCH3 is 1. The molecule has 0 spiro atoms. The van der Waals surface area contributed by atoms with E-state index < -0.39 is 29.0 Å². The Labute approximate surface area is 168 Å². The molecule has 1 heterocycles. The van der Waals surface area contributed by atoms with Crippen LogP contribution in [0.25, 0.3) is 0 Å². The van der Waals surface area contributed by atoms with Crippen molar-refractivity contribution >= 4 is 18.0 Å². The van der Waals surface area contributed by atoms with Gasteiger partial charge in [0.1, 0.15) is 5.60 Å². The molecular formula is C15H22N3NaO6. The number of hydrogen-bond donors (Lipinski definition) is 0. The Morgan fingerprint density at radius 2 is 1.64 bits per heavy atom. The minimum Gasteiger partial charge on any atom is -0.543 e. The van der Waals surface area contributed by atoms with Gasteiger partial charge in [-0.25, -0.2) is 9.78 Å². The Hall–Kier alpha value is -1.42. The molecule has 134 valence electrons. The summed E-state index contributed by atoms with van der Waals surface area (Å²) < 4.78 is 10.2. The van der Waals surface area contributed by atoms with Gasteiger partial charge in [0.25, 0.3) is 5.95 Å². The Kier molecular flexibility index (Phi) is 8.29. The Balaban J connectivity index is 0.00000576. The number of nitrogens with zero attached hydrogens (tertiary/aromatic N) is 3. The number of carboxylic acids is 1. The summed E-state index contributed by atoms with van der Waals surface area (Å²) in [6.07, 6.45) is -0.894. The van der Waals surface area contributed by atoms with Crippen LogP contribution in [0.2, 0.25) is 0 Å². The average molecular weight is 363 g/mol. The van der Waals surface area contributed by atoms with Gasteiger partial charge in [0.2, 0.25) is 5.88 Å². The Bertz CT molecular complexity index is 625. The maximum Gasteiger partial charge on any atom is 1.00 e. The van der Waals surface area contributed by atoms with Crippen molar-refractivity contribution in [2.24, 2.45) is 0 Å². The average Bonchev–Trinajstić information content (AvgIpc) is 2.41. The number of aromatic nitrogens is 2. The molecule has 0 N–H and O–H groups in total. The van der Waals surface area contributed by atoms with Crippen molar-refractivity contribution in [1.29, 1.82) is 0 Å². The topological polar surface area (TPSA) is 114 Å². The summed E-state index contributed by atoms with van der Waals surface area (Å²) in [6, 6.07) is 1.07. The van der Waals surface area contributed by atoms with Crippen LogP contribution in [0.15, 0.2) is 6.07 Å². The van der Waals surface area contributed by atoms with Crippen LogP contribution >= 0.6 is 0 Å². The van der Waals surface area contributed by atoms with Crippen LogP contribution in [-0.4, -0.2) is 40.3 Å². The molecule has 1 amide bonds. The summed E-state index contributed by atoms with van der Waals surface area (Å²) in [5.41, 5.74) is -2.06. The van der Waals surface area contributed by atoms with E-state index in [9.17, 15) is 14.7 Å². The van der Waals surface area contributed by atoms with Crippen LogP contribution in [0.1, 0.15) is 52.0 Å². The maximum atomic E-state index is 12.4. The largest absolute Gasteiger partial charge is 1.00 e. The number of carbonyl (C=O) groups is 2. The molecule has 9 nitrogen and oxygen atoms in total. The number of amides is 1. The van der Waals surface area contributed by atoms with Crippen LogP contribution in [0.3, 0.4) is 0 Å². The van der Waals surface area contributed by atoms with Crippen molar-refractivity contribution < 1.29 is 58.6 Å². The Morgan fingerprint density at radius 3 is 2.04 bits per heavy atom. The van der Waals surface area contributed by atoms with Gasteiger partial charge in [-0.1, -0.05) is 0 Å². The van der Waals surface area contributed by atoms with Gasteiger partial charge >= 0.3 is 35.7 Å². The van der Waals surface area contributed by atoms with Gasteiger partial charge < -0.3 is 19.4 Å². The second kappa shape index (κ2) is 8.79. The number of aromatic carboxylic acids is 1. The molecule has 25 heavy (non-hydrogen) atoms. The SMILES string of the molecule is COc1cc(C(=O)[O-])nc(N(OC(C)(C)C)C(=O)OC(C)(C)C)n1.[Na+]. The maximum absolute atomic E-state index is 12.4. The number of ether oxygens (including phenoxy) is 2. The summed E-state index contributed by atoms with van der Waals surface area (Å²) in [7, 11) is 1.30. The molecule has 1 aromatic heterocycles. The van der Waals surface area contributed by atoms with E-state index in [1.54, 1.807) is 41.5 Å². The molecule has 0 aliphatic carbocycles. The molecule has 0 aliphatic rings. The second-order valence-electron chi connectivity index (χ2n) is 6.86. The number of anilines is 1. The van der Waals surface area contributed by atoms with E-state index >= 15 is 0 Å². The zero-order valence-electron chi connectivity index (χ0n) is 15.9. The zero-order chi connectivity index (χ0) is 18.7. The number of rotatable bonds is 4.